The van der Waals surface area contributed by atoms with Crippen molar-refractivity contribution in [3.8, 4) is 0 Å². The van der Waals surface area contributed by atoms with Crippen LogP contribution in [0.5, 0.6) is 0 Å². The number of hydrogen-bond acceptors (Lipinski definition) is 6. The lowest BCUT2D eigenvalue weighted by atomic mass is 10.1. The van der Waals surface area contributed by atoms with Crippen molar-refractivity contribution in [1.82, 2.24) is 10.0 Å². The van der Waals surface area contributed by atoms with Gasteiger partial charge in [-0.1, -0.05) is 25.5 Å². The van der Waals surface area contributed by atoms with Crippen LogP contribution >= 0.6 is 11.3 Å². The summed E-state index contributed by atoms with van der Waals surface area (Å²) >= 11 is 1.07. The molecule has 3 N–H and O–H groups in total. The Balaban J connectivity index is 1.62. The number of thiophene rings is 1. The first kappa shape index (κ1) is 24.2. The fourth-order valence-corrected chi connectivity index (χ4v) is 5.81. The van der Waals surface area contributed by atoms with E-state index in [1.165, 1.54) is 13.0 Å². The van der Waals surface area contributed by atoms with Gasteiger partial charge < -0.3 is 15.5 Å². The second-order valence-corrected chi connectivity index (χ2v) is 10.7. The summed E-state index contributed by atoms with van der Waals surface area (Å²) in [6, 6.07) is 8.99. The van der Waals surface area contributed by atoms with Gasteiger partial charge in [-0.05, 0) is 55.8 Å². The van der Waals surface area contributed by atoms with Crippen LogP contribution in [-0.2, 0) is 19.6 Å². The monoisotopic (exact) mass is 478 g/mol. The van der Waals surface area contributed by atoms with Crippen molar-refractivity contribution in [3.63, 3.8) is 0 Å². The highest BCUT2D eigenvalue weighted by Crippen LogP contribution is 2.23. The Hall–Kier alpha value is -2.43. The van der Waals surface area contributed by atoms with E-state index in [4.69, 9.17) is 0 Å². The first-order valence-corrected chi connectivity index (χ1v) is 13.2. The van der Waals surface area contributed by atoms with Crippen molar-refractivity contribution < 1.29 is 18.0 Å². The summed E-state index contributed by atoms with van der Waals surface area (Å²) in [7, 11) is -3.79. The number of anilines is 2. The summed E-state index contributed by atoms with van der Waals surface area (Å²) in [5.41, 5.74) is 1.73. The molecule has 2 amide bonds. The van der Waals surface area contributed by atoms with Gasteiger partial charge in [-0.15, -0.1) is 11.3 Å². The molecule has 2 atom stereocenters. The lowest BCUT2D eigenvalue weighted by Gasteiger charge is -2.22. The summed E-state index contributed by atoms with van der Waals surface area (Å²) in [6.07, 6.45) is 3.44. The van der Waals surface area contributed by atoms with Gasteiger partial charge in [0.25, 0.3) is 10.0 Å². The molecule has 8 nitrogen and oxygen atoms in total. The average molecular weight is 479 g/mol. The fourth-order valence-electron chi connectivity index (χ4n) is 3.60. The standard InChI is InChI=1S/C22H30N4O4S2/c1-3-8-19(24-21(27)16(2)25-32(29,30)20-11-7-14-31-20)22(28)23-17-9-6-10-18(15-17)26-12-4-5-13-26/h6-7,9-11,14-16,19,25H,3-5,8,12-13H2,1-2H3,(H,23,28)(H,24,27). The molecule has 1 saturated heterocycles. The molecule has 1 aliphatic rings. The Morgan fingerprint density at radius 2 is 1.88 bits per heavy atom. The summed E-state index contributed by atoms with van der Waals surface area (Å²) in [5.74, 6) is -0.878. The molecule has 0 spiro atoms. The summed E-state index contributed by atoms with van der Waals surface area (Å²) in [4.78, 5) is 27.8. The molecule has 1 aromatic carbocycles. The Labute approximate surface area is 193 Å². The van der Waals surface area contributed by atoms with Gasteiger partial charge in [-0.25, -0.2) is 8.42 Å². The minimum Gasteiger partial charge on any atom is -0.371 e. The van der Waals surface area contributed by atoms with Gasteiger partial charge in [0.05, 0.1) is 6.04 Å². The van der Waals surface area contributed by atoms with E-state index in [9.17, 15) is 18.0 Å². The van der Waals surface area contributed by atoms with E-state index in [0.29, 0.717) is 18.5 Å². The van der Waals surface area contributed by atoms with E-state index in [0.717, 1.165) is 43.0 Å². The zero-order valence-electron chi connectivity index (χ0n) is 18.3. The van der Waals surface area contributed by atoms with Gasteiger partial charge in [-0.3, -0.25) is 9.59 Å². The molecule has 1 aromatic heterocycles. The van der Waals surface area contributed by atoms with Crippen molar-refractivity contribution >= 4 is 44.5 Å². The number of nitrogens with zero attached hydrogens (tertiary/aromatic N) is 1. The van der Waals surface area contributed by atoms with Crippen LogP contribution < -0.4 is 20.3 Å². The van der Waals surface area contributed by atoms with E-state index < -0.39 is 28.0 Å². The molecule has 0 aliphatic carbocycles. The quantitative estimate of drug-likeness (QED) is 0.487. The lowest BCUT2D eigenvalue weighted by molar-refractivity contribution is -0.127. The van der Waals surface area contributed by atoms with E-state index in [1.807, 2.05) is 31.2 Å². The minimum absolute atomic E-state index is 0.137. The zero-order valence-corrected chi connectivity index (χ0v) is 20.0. The fraction of sp³-hybridized carbons (Fsp3) is 0.455. The molecule has 0 radical (unpaired) electrons. The van der Waals surface area contributed by atoms with Crippen molar-refractivity contribution in [2.24, 2.45) is 0 Å². The Morgan fingerprint density at radius 3 is 2.53 bits per heavy atom. The molecule has 2 aromatic rings. The summed E-state index contributed by atoms with van der Waals surface area (Å²) < 4.78 is 27.2. The van der Waals surface area contributed by atoms with Gasteiger partial charge in [0.15, 0.2) is 0 Å². The average Bonchev–Trinajstić information content (AvgIpc) is 3.47. The number of carbonyl (C=O) groups excluding carboxylic acids is 2. The summed E-state index contributed by atoms with van der Waals surface area (Å²) in [6.45, 7) is 5.39. The maximum Gasteiger partial charge on any atom is 0.250 e. The number of carbonyl (C=O) groups is 2. The number of hydrogen-bond donors (Lipinski definition) is 3. The third-order valence-corrected chi connectivity index (χ3v) is 8.22. The van der Waals surface area contributed by atoms with Crippen molar-refractivity contribution in [3.05, 3.63) is 41.8 Å². The molecule has 2 heterocycles. The van der Waals surface area contributed by atoms with Crippen LogP contribution in [0, 0.1) is 0 Å². The molecule has 32 heavy (non-hydrogen) atoms. The molecule has 0 bridgehead atoms. The molecule has 2 unspecified atom stereocenters. The van der Waals surface area contributed by atoms with Crippen molar-refractivity contribution in [2.75, 3.05) is 23.3 Å². The Kier molecular flexibility index (Phi) is 8.27. The Bertz CT molecular complexity index is 1020. The smallest absolute Gasteiger partial charge is 0.250 e. The highest BCUT2D eigenvalue weighted by atomic mass is 32.2. The molecule has 1 fully saturated rings. The zero-order chi connectivity index (χ0) is 23.1. The Morgan fingerprint density at radius 1 is 1.12 bits per heavy atom. The maximum absolute atomic E-state index is 12.9. The predicted molar refractivity (Wildman–Crippen MR) is 127 cm³/mol. The first-order chi connectivity index (χ1) is 15.3. The molecule has 10 heteroatoms. The highest BCUT2D eigenvalue weighted by molar-refractivity contribution is 7.91. The number of nitrogens with one attached hydrogen (secondary N) is 3. The van der Waals surface area contributed by atoms with Crippen LogP contribution in [0.3, 0.4) is 0 Å². The lowest BCUT2D eigenvalue weighted by Crippen LogP contribution is -2.51. The highest BCUT2D eigenvalue weighted by Gasteiger charge is 2.27. The SMILES string of the molecule is CCCC(NC(=O)C(C)NS(=O)(=O)c1cccs1)C(=O)Nc1cccc(N2CCCC2)c1. The van der Waals surface area contributed by atoms with E-state index in [1.54, 1.807) is 11.4 Å². The van der Waals surface area contributed by atoms with Gasteiger partial charge in [0, 0.05) is 24.5 Å². The topological polar surface area (TPSA) is 108 Å². The van der Waals surface area contributed by atoms with E-state index in [-0.39, 0.29) is 10.1 Å². The van der Waals surface area contributed by atoms with Crippen molar-refractivity contribution in [2.45, 2.75) is 55.8 Å². The first-order valence-electron chi connectivity index (χ1n) is 10.8. The van der Waals surface area contributed by atoms with E-state index in [2.05, 4.69) is 20.3 Å². The van der Waals surface area contributed by atoms with Gasteiger partial charge in [-0.2, -0.15) is 4.72 Å². The predicted octanol–water partition coefficient (Wildman–Crippen LogP) is 2.94. The van der Waals surface area contributed by atoms with Crippen LogP contribution in [-0.4, -0.2) is 45.4 Å². The van der Waals surface area contributed by atoms with E-state index >= 15 is 0 Å². The number of amides is 2. The molecular formula is C22H30N4O4S2. The number of sulfonamides is 1. The third kappa shape index (κ3) is 6.30. The normalized spacial score (nSPS) is 15.9. The largest absolute Gasteiger partial charge is 0.371 e. The van der Waals surface area contributed by atoms with Crippen LogP contribution in [0.2, 0.25) is 0 Å². The van der Waals surface area contributed by atoms with Crippen LogP contribution in [0.4, 0.5) is 11.4 Å². The molecular weight excluding hydrogens is 448 g/mol. The second kappa shape index (κ2) is 10.9. The maximum atomic E-state index is 12.9. The van der Waals surface area contributed by atoms with Gasteiger partial charge in [0.2, 0.25) is 11.8 Å². The minimum atomic E-state index is -3.79. The third-order valence-electron chi connectivity index (χ3n) is 5.28. The summed E-state index contributed by atoms with van der Waals surface area (Å²) in [5, 5.41) is 7.23. The van der Waals surface area contributed by atoms with Gasteiger partial charge >= 0.3 is 0 Å². The number of rotatable bonds is 10. The molecule has 1 aliphatic heterocycles. The van der Waals surface area contributed by atoms with Gasteiger partial charge in [0.1, 0.15) is 10.3 Å². The molecule has 174 valence electrons. The van der Waals surface area contributed by atoms with Crippen LogP contribution in [0.1, 0.15) is 39.5 Å². The molecule has 0 saturated carbocycles. The van der Waals surface area contributed by atoms with Crippen LogP contribution in [0.15, 0.2) is 46.0 Å². The second-order valence-electron chi connectivity index (χ2n) is 7.86. The van der Waals surface area contributed by atoms with Crippen molar-refractivity contribution in [1.29, 1.82) is 0 Å². The molecule has 3 rings (SSSR count). The number of benzene rings is 1. The van der Waals surface area contributed by atoms with Crippen LogP contribution in [0.25, 0.3) is 0 Å².